The molecule has 1 aromatic carbocycles. The van der Waals surface area contributed by atoms with E-state index in [1.807, 2.05) is 18.3 Å². The zero-order valence-electron chi connectivity index (χ0n) is 20.6. The summed E-state index contributed by atoms with van der Waals surface area (Å²) in [5.41, 5.74) is 2.71. The van der Waals surface area contributed by atoms with Crippen molar-refractivity contribution in [3.05, 3.63) is 59.6 Å². The molecular formula is C27H30F2N8. The Labute approximate surface area is 213 Å². The fourth-order valence-corrected chi connectivity index (χ4v) is 5.40. The molecule has 6 rings (SSSR count). The summed E-state index contributed by atoms with van der Waals surface area (Å²) >= 11 is 0. The molecular weight excluding hydrogens is 474 g/mol. The van der Waals surface area contributed by atoms with Crippen LogP contribution in [0.1, 0.15) is 49.3 Å². The molecule has 192 valence electrons. The first kappa shape index (κ1) is 23.9. The third kappa shape index (κ3) is 5.17. The molecule has 4 heterocycles. The van der Waals surface area contributed by atoms with Crippen LogP contribution in [0.3, 0.4) is 0 Å². The highest BCUT2D eigenvalue weighted by Crippen LogP contribution is 2.37. The highest BCUT2D eigenvalue weighted by molar-refractivity contribution is 5.87. The molecule has 1 aliphatic heterocycles. The minimum absolute atomic E-state index is 0.0319. The van der Waals surface area contributed by atoms with Gasteiger partial charge < -0.3 is 10.6 Å². The lowest BCUT2D eigenvalue weighted by atomic mass is 9.85. The van der Waals surface area contributed by atoms with Crippen molar-refractivity contribution < 1.29 is 8.78 Å². The molecule has 8 nitrogen and oxygen atoms in total. The van der Waals surface area contributed by atoms with Crippen molar-refractivity contribution in [2.24, 2.45) is 0 Å². The van der Waals surface area contributed by atoms with Crippen molar-refractivity contribution in [2.75, 3.05) is 31.5 Å². The van der Waals surface area contributed by atoms with Crippen LogP contribution in [0.5, 0.6) is 0 Å². The van der Waals surface area contributed by atoms with Crippen LogP contribution in [0.2, 0.25) is 0 Å². The lowest BCUT2D eigenvalue weighted by Crippen LogP contribution is -2.42. The van der Waals surface area contributed by atoms with E-state index in [0.717, 1.165) is 75.9 Å². The summed E-state index contributed by atoms with van der Waals surface area (Å²) in [7, 11) is 0. The van der Waals surface area contributed by atoms with Crippen LogP contribution >= 0.6 is 0 Å². The fraction of sp³-hybridized carbons (Fsp3) is 0.407. The number of aromatic nitrogens is 5. The molecule has 3 N–H and O–H groups in total. The van der Waals surface area contributed by atoms with Crippen molar-refractivity contribution in [1.82, 2.24) is 35.4 Å². The molecule has 37 heavy (non-hydrogen) atoms. The first-order valence-electron chi connectivity index (χ1n) is 13.0. The molecule has 2 fully saturated rings. The number of hydrogen-bond acceptors (Lipinski definition) is 7. The Balaban J connectivity index is 1.24. The minimum Gasteiger partial charge on any atom is -0.314 e. The number of nitrogens with one attached hydrogen (secondary N) is 3. The summed E-state index contributed by atoms with van der Waals surface area (Å²) in [6, 6.07) is 6.94. The summed E-state index contributed by atoms with van der Waals surface area (Å²) in [4.78, 5) is 15.3. The molecule has 2 aliphatic rings. The molecule has 1 aliphatic carbocycles. The molecule has 3 aromatic heterocycles. The number of H-pyrrole nitrogens is 1. The van der Waals surface area contributed by atoms with Crippen molar-refractivity contribution in [3.8, 4) is 11.3 Å². The molecule has 1 saturated heterocycles. The van der Waals surface area contributed by atoms with E-state index in [1.165, 1.54) is 12.5 Å². The minimum atomic E-state index is -0.619. The van der Waals surface area contributed by atoms with Gasteiger partial charge in [0, 0.05) is 61.5 Å². The summed E-state index contributed by atoms with van der Waals surface area (Å²) in [6.45, 7) is 4.86. The van der Waals surface area contributed by atoms with Crippen LogP contribution < -0.4 is 10.6 Å². The van der Waals surface area contributed by atoms with Crippen molar-refractivity contribution in [3.63, 3.8) is 0 Å². The smallest absolute Gasteiger partial charge is 0.229 e. The quantitative estimate of drug-likeness (QED) is 0.344. The number of rotatable bonds is 6. The second-order valence-corrected chi connectivity index (χ2v) is 9.92. The van der Waals surface area contributed by atoms with E-state index in [-0.39, 0.29) is 17.2 Å². The zero-order valence-corrected chi connectivity index (χ0v) is 20.6. The Morgan fingerprint density at radius 1 is 0.973 bits per heavy atom. The van der Waals surface area contributed by atoms with Gasteiger partial charge in [0.05, 0.1) is 6.20 Å². The van der Waals surface area contributed by atoms with Crippen molar-refractivity contribution in [1.29, 1.82) is 0 Å². The van der Waals surface area contributed by atoms with E-state index in [9.17, 15) is 4.39 Å². The number of aromatic amines is 1. The number of benzene rings is 1. The van der Waals surface area contributed by atoms with Crippen LogP contribution in [0.15, 0.2) is 36.7 Å². The summed E-state index contributed by atoms with van der Waals surface area (Å²) in [5.74, 6) is -0.0652. The van der Waals surface area contributed by atoms with Gasteiger partial charge in [-0.3, -0.25) is 10.00 Å². The number of nitrogens with zero attached hydrogens (tertiary/aromatic N) is 5. The molecule has 10 heteroatoms. The van der Waals surface area contributed by atoms with Crippen LogP contribution in [0, 0.1) is 11.6 Å². The topological polar surface area (TPSA) is 94.7 Å². The fourth-order valence-electron chi connectivity index (χ4n) is 5.40. The van der Waals surface area contributed by atoms with E-state index < -0.39 is 11.6 Å². The van der Waals surface area contributed by atoms with Crippen LogP contribution in [-0.2, 0) is 6.54 Å². The van der Waals surface area contributed by atoms with Gasteiger partial charge in [-0.25, -0.2) is 23.7 Å². The lowest BCUT2D eigenvalue weighted by molar-refractivity contribution is 0.233. The number of fused-ring (bicyclic) bond motifs is 1. The van der Waals surface area contributed by atoms with Gasteiger partial charge in [0.15, 0.2) is 11.6 Å². The van der Waals surface area contributed by atoms with Crippen LogP contribution in [0.4, 0.5) is 20.5 Å². The monoisotopic (exact) mass is 504 g/mol. The SMILES string of the molecule is Fc1cnc(Nc2ccc(CN3CCNCC3)cn2)nc1-c1cc(F)c2n[nH]c(C3CCCCC3)c2c1. The lowest BCUT2D eigenvalue weighted by Gasteiger charge is -2.27. The third-order valence-electron chi connectivity index (χ3n) is 7.35. The Morgan fingerprint density at radius 2 is 1.81 bits per heavy atom. The Kier molecular flexibility index (Phi) is 6.75. The zero-order chi connectivity index (χ0) is 25.2. The molecule has 4 aromatic rings. The maximum atomic E-state index is 15.0. The van der Waals surface area contributed by atoms with Gasteiger partial charge in [-0.05, 0) is 36.6 Å². The largest absolute Gasteiger partial charge is 0.314 e. The second kappa shape index (κ2) is 10.5. The molecule has 0 radical (unpaired) electrons. The Hall–Kier alpha value is -3.50. The van der Waals surface area contributed by atoms with E-state index in [2.05, 4.69) is 40.7 Å². The average molecular weight is 505 g/mol. The van der Waals surface area contributed by atoms with Crippen molar-refractivity contribution in [2.45, 2.75) is 44.6 Å². The Morgan fingerprint density at radius 3 is 2.59 bits per heavy atom. The van der Waals surface area contributed by atoms with Gasteiger partial charge in [0.2, 0.25) is 5.95 Å². The maximum Gasteiger partial charge on any atom is 0.229 e. The molecule has 0 spiro atoms. The van der Waals surface area contributed by atoms with E-state index in [0.29, 0.717) is 22.7 Å². The first-order chi connectivity index (χ1) is 18.1. The van der Waals surface area contributed by atoms with E-state index in [4.69, 9.17) is 0 Å². The molecule has 0 atom stereocenters. The predicted octanol–water partition coefficient (Wildman–Crippen LogP) is 4.89. The third-order valence-corrected chi connectivity index (χ3v) is 7.35. The normalized spacial score (nSPS) is 17.4. The highest BCUT2D eigenvalue weighted by atomic mass is 19.1. The van der Waals surface area contributed by atoms with Gasteiger partial charge in [0.1, 0.15) is 17.0 Å². The standard InChI is InChI=1S/C27H30F2N8/c28-21-13-19(12-20-24(35-36-26(20)21)18-4-2-1-3-5-18)25-22(29)15-32-27(34-25)33-23-7-6-17(14-31-23)16-37-10-8-30-9-11-37/h6-7,12-15,18,30H,1-5,8-11,16H2,(H,35,36)(H,31,32,33,34). The van der Waals surface area contributed by atoms with Gasteiger partial charge >= 0.3 is 0 Å². The highest BCUT2D eigenvalue weighted by Gasteiger charge is 2.23. The van der Waals surface area contributed by atoms with Crippen LogP contribution in [0.25, 0.3) is 22.2 Å². The Bertz CT molecular complexity index is 1380. The number of pyridine rings is 1. The van der Waals surface area contributed by atoms with Crippen LogP contribution in [-0.4, -0.2) is 56.2 Å². The van der Waals surface area contributed by atoms with Gasteiger partial charge in [-0.2, -0.15) is 5.10 Å². The number of hydrogen-bond donors (Lipinski definition) is 3. The molecule has 0 bridgehead atoms. The maximum absolute atomic E-state index is 15.0. The molecule has 0 amide bonds. The number of halogens is 2. The summed E-state index contributed by atoms with van der Waals surface area (Å²) in [6.07, 6.45) is 8.52. The molecule has 0 unspecified atom stereocenters. The number of piperazine rings is 1. The first-order valence-corrected chi connectivity index (χ1v) is 13.0. The second-order valence-electron chi connectivity index (χ2n) is 9.92. The number of anilines is 2. The van der Waals surface area contributed by atoms with Crippen molar-refractivity contribution >= 4 is 22.7 Å². The summed E-state index contributed by atoms with van der Waals surface area (Å²) in [5, 5.41) is 14.4. The molecule has 1 saturated carbocycles. The van der Waals surface area contributed by atoms with E-state index in [1.54, 1.807) is 6.07 Å². The van der Waals surface area contributed by atoms with E-state index >= 15 is 4.39 Å². The summed E-state index contributed by atoms with van der Waals surface area (Å²) < 4.78 is 29.9. The van der Waals surface area contributed by atoms with Gasteiger partial charge in [-0.1, -0.05) is 25.3 Å². The van der Waals surface area contributed by atoms with Gasteiger partial charge in [0.25, 0.3) is 0 Å². The predicted molar refractivity (Wildman–Crippen MR) is 139 cm³/mol. The van der Waals surface area contributed by atoms with Gasteiger partial charge in [-0.15, -0.1) is 0 Å². The average Bonchev–Trinajstić information content (AvgIpc) is 3.37.